The lowest BCUT2D eigenvalue weighted by Crippen LogP contribution is -2.53. The summed E-state index contributed by atoms with van der Waals surface area (Å²) < 4.78 is 45.4. The Morgan fingerprint density at radius 1 is 1.09 bits per heavy atom. The Morgan fingerprint density at radius 2 is 1.82 bits per heavy atom. The SMILES string of the molecule is COc1cccc(S(=O)(=O)N(C[C@H]2CCCO2)C[C@H](O)[C@H](Cc2ccccc2)NC(=O)[C@@H]2CN(c3ccccc3)C(=O)O2)c1. The summed E-state index contributed by atoms with van der Waals surface area (Å²) in [5.74, 6) is -0.202. The molecule has 0 unspecified atom stereocenters. The van der Waals surface area contributed by atoms with E-state index in [2.05, 4.69) is 5.32 Å². The van der Waals surface area contributed by atoms with Crippen molar-refractivity contribution in [2.75, 3.05) is 38.3 Å². The van der Waals surface area contributed by atoms with Crippen LogP contribution in [0, 0.1) is 0 Å². The van der Waals surface area contributed by atoms with Crippen molar-refractivity contribution in [2.24, 2.45) is 0 Å². The van der Waals surface area contributed by atoms with E-state index in [-0.39, 0.29) is 37.1 Å². The number of sulfonamides is 1. The van der Waals surface area contributed by atoms with Crippen LogP contribution in [0.1, 0.15) is 18.4 Å². The number of carbonyl (C=O) groups excluding carboxylic acids is 2. The Balaban J connectivity index is 1.37. The molecule has 0 saturated carbocycles. The van der Waals surface area contributed by atoms with Gasteiger partial charge in [-0.3, -0.25) is 9.69 Å². The molecule has 3 aromatic carbocycles. The number of amides is 2. The van der Waals surface area contributed by atoms with Gasteiger partial charge in [-0.2, -0.15) is 4.31 Å². The number of hydrogen-bond donors (Lipinski definition) is 2. The normalized spacial score (nSPS) is 19.9. The molecular formula is C32H37N3O8S. The minimum atomic E-state index is -4.09. The topological polar surface area (TPSA) is 135 Å². The number of aliphatic hydroxyl groups excluding tert-OH is 1. The lowest BCUT2D eigenvalue weighted by molar-refractivity contribution is -0.129. The van der Waals surface area contributed by atoms with Gasteiger partial charge in [-0.25, -0.2) is 13.2 Å². The van der Waals surface area contributed by atoms with Gasteiger partial charge in [0.15, 0.2) is 6.10 Å². The molecule has 3 aromatic rings. The zero-order valence-electron chi connectivity index (χ0n) is 24.4. The van der Waals surface area contributed by atoms with E-state index in [0.29, 0.717) is 24.5 Å². The summed E-state index contributed by atoms with van der Waals surface area (Å²) in [6, 6.07) is 23.4. The third-order valence-corrected chi connectivity index (χ3v) is 9.59. The number of benzene rings is 3. The van der Waals surface area contributed by atoms with E-state index in [1.54, 1.807) is 36.4 Å². The van der Waals surface area contributed by atoms with E-state index in [4.69, 9.17) is 14.2 Å². The zero-order valence-corrected chi connectivity index (χ0v) is 25.3. The Hall–Kier alpha value is -3.97. The first kappa shape index (κ1) is 31.5. The molecular weight excluding hydrogens is 586 g/mol. The number of hydrogen-bond acceptors (Lipinski definition) is 8. The molecule has 0 spiro atoms. The predicted molar refractivity (Wildman–Crippen MR) is 163 cm³/mol. The van der Waals surface area contributed by atoms with E-state index >= 15 is 0 Å². The van der Waals surface area contributed by atoms with Crippen LogP contribution in [0.2, 0.25) is 0 Å². The number of carbonyl (C=O) groups is 2. The first-order chi connectivity index (χ1) is 21.2. The highest BCUT2D eigenvalue weighted by molar-refractivity contribution is 7.89. The Kier molecular flexibility index (Phi) is 10.2. The van der Waals surface area contributed by atoms with Crippen LogP contribution in [0.5, 0.6) is 5.75 Å². The smallest absolute Gasteiger partial charge is 0.415 e. The second-order valence-electron chi connectivity index (χ2n) is 10.8. The lowest BCUT2D eigenvalue weighted by atomic mass is 10.0. The maximum atomic E-state index is 13.9. The molecule has 2 saturated heterocycles. The highest BCUT2D eigenvalue weighted by Crippen LogP contribution is 2.25. The molecule has 2 aliphatic heterocycles. The number of aliphatic hydroxyl groups is 1. The summed E-state index contributed by atoms with van der Waals surface area (Å²) in [7, 11) is -2.63. The predicted octanol–water partition coefficient (Wildman–Crippen LogP) is 2.98. The summed E-state index contributed by atoms with van der Waals surface area (Å²) in [4.78, 5) is 27.4. The molecule has 2 aliphatic rings. The first-order valence-electron chi connectivity index (χ1n) is 14.6. The van der Waals surface area contributed by atoms with Crippen molar-refractivity contribution >= 4 is 27.7 Å². The Labute approximate surface area is 257 Å². The summed E-state index contributed by atoms with van der Waals surface area (Å²) in [5.41, 5.74) is 1.42. The van der Waals surface area contributed by atoms with Crippen LogP contribution in [0.4, 0.5) is 10.5 Å². The van der Waals surface area contributed by atoms with Crippen LogP contribution in [-0.2, 0) is 30.7 Å². The number of nitrogens with one attached hydrogen (secondary N) is 1. The monoisotopic (exact) mass is 623 g/mol. The summed E-state index contributed by atoms with van der Waals surface area (Å²) in [6.45, 7) is 0.262. The molecule has 12 heteroatoms. The van der Waals surface area contributed by atoms with Gasteiger partial charge in [0, 0.05) is 31.5 Å². The minimum Gasteiger partial charge on any atom is -0.497 e. The summed E-state index contributed by atoms with van der Waals surface area (Å²) in [6.07, 6.45) is -1.69. The summed E-state index contributed by atoms with van der Waals surface area (Å²) in [5, 5.41) is 14.4. The lowest BCUT2D eigenvalue weighted by Gasteiger charge is -2.31. The third-order valence-electron chi connectivity index (χ3n) is 7.76. The van der Waals surface area contributed by atoms with Gasteiger partial charge in [-0.15, -0.1) is 0 Å². The van der Waals surface area contributed by atoms with Gasteiger partial charge in [-0.1, -0.05) is 54.6 Å². The fourth-order valence-corrected chi connectivity index (χ4v) is 6.90. The standard InChI is InChI=1S/C32H37N3O8S/c1-41-25-14-8-16-27(19-25)44(39,40)34(20-26-15-9-17-42-26)21-29(36)28(18-23-10-4-2-5-11-23)33-31(37)30-22-35(32(38)43-30)24-12-6-3-7-13-24/h2-8,10-14,16,19,26,28-30,36H,9,15,17-18,20-22H2,1H3,(H,33,37)/t26-,28+,29+,30+/m1/s1. The van der Waals surface area contributed by atoms with Crippen molar-refractivity contribution in [3.05, 3.63) is 90.5 Å². The molecule has 2 amide bonds. The van der Waals surface area contributed by atoms with Gasteiger partial charge in [0.25, 0.3) is 5.91 Å². The van der Waals surface area contributed by atoms with Gasteiger partial charge < -0.3 is 24.6 Å². The minimum absolute atomic E-state index is 0.00179. The number of rotatable bonds is 13. The molecule has 2 fully saturated rings. The van der Waals surface area contributed by atoms with E-state index in [1.807, 2.05) is 36.4 Å². The highest BCUT2D eigenvalue weighted by Gasteiger charge is 2.39. The largest absolute Gasteiger partial charge is 0.497 e. The van der Waals surface area contributed by atoms with Crippen LogP contribution in [0.3, 0.4) is 0 Å². The van der Waals surface area contributed by atoms with Crippen LogP contribution < -0.4 is 15.0 Å². The molecule has 2 heterocycles. The number of methoxy groups -OCH3 is 1. The molecule has 234 valence electrons. The molecule has 5 rings (SSSR count). The maximum Gasteiger partial charge on any atom is 0.415 e. The average Bonchev–Trinajstić information content (AvgIpc) is 3.71. The fourth-order valence-electron chi connectivity index (χ4n) is 5.38. The van der Waals surface area contributed by atoms with Crippen molar-refractivity contribution in [2.45, 2.75) is 48.5 Å². The molecule has 0 aliphatic carbocycles. The van der Waals surface area contributed by atoms with E-state index in [9.17, 15) is 23.1 Å². The zero-order chi connectivity index (χ0) is 31.1. The van der Waals surface area contributed by atoms with Crippen molar-refractivity contribution < 1.29 is 37.3 Å². The van der Waals surface area contributed by atoms with Gasteiger partial charge in [-0.05, 0) is 49.1 Å². The first-order valence-corrected chi connectivity index (χ1v) is 16.0. The maximum absolute atomic E-state index is 13.9. The van der Waals surface area contributed by atoms with Gasteiger partial charge in [0.05, 0.1) is 36.8 Å². The second kappa shape index (κ2) is 14.2. The number of cyclic esters (lactones) is 1. The van der Waals surface area contributed by atoms with Crippen LogP contribution >= 0.6 is 0 Å². The van der Waals surface area contributed by atoms with E-state index in [1.165, 1.54) is 28.4 Å². The van der Waals surface area contributed by atoms with Gasteiger partial charge in [0.1, 0.15) is 5.75 Å². The number of anilines is 1. The van der Waals surface area contributed by atoms with Gasteiger partial charge >= 0.3 is 6.09 Å². The highest BCUT2D eigenvalue weighted by atomic mass is 32.2. The number of ether oxygens (including phenoxy) is 3. The molecule has 4 atom stereocenters. The van der Waals surface area contributed by atoms with Crippen molar-refractivity contribution in [3.8, 4) is 5.75 Å². The molecule has 0 radical (unpaired) electrons. The molecule has 0 aromatic heterocycles. The quantitative estimate of drug-likeness (QED) is 0.297. The molecule has 2 N–H and O–H groups in total. The van der Waals surface area contributed by atoms with Crippen LogP contribution in [-0.4, -0.2) is 87.5 Å². The van der Waals surface area contributed by atoms with Crippen LogP contribution in [0.25, 0.3) is 0 Å². The Bertz CT molecular complexity index is 1520. The second-order valence-corrected chi connectivity index (χ2v) is 12.8. The molecule has 11 nitrogen and oxygen atoms in total. The fraction of sp³-hybridized carbons (Fsp3) is 0.375. The van der Waals surface area contributed by atoms with Crippen molar-refractivity contribution in [1.82, 2.24) is 9.62 Å². The van der Waals surface area contributed by atoms with Crippen molar-refractivity contribution in [3.63, 3.8) is 0 Å². The Morgan fingerprint density at radius 3 is 2.50 bits per heavy atom. The van der Waals surface area contributed by atoms with E-state index < -0.39 is 40.3 Å². The average molecular weight is 624 g/mol. The van der Waals surface area contributed by atoms with Crippen molar-refractivity contribution in [1.29, 1.82) is 0 Å². The molecule has 44 heavy (non-hydrogen) atoms. The molecule has 0 bridgehead atoms. The number of para-hydroxylation sites is 1. The third kappa shape index (κ3) is 7.56. The van der Waals surface area contributed by atoms with Crippen LogP contribution in [0.15, 0.2) is 89.8 Å². The summed E-state index contributed by atoms with van der Waals surface area (Å²) >= 11 is 0. The van der Waals surface area contributed by atoms with E-state index in [0.717, 1.165) is 12.0 Å². The number of nitrogens with zero attached hydrogens (tertiary/aromatic N) is 2. The van der Waals surface area contributed by atoms with Gasteiger partial charge in [0.2, 0.25) is 10.0 Å².